The number of aliphatic hydroxyl groups is 2. The molecule has 1 aliphatic heterocycles. The summed E-state index contributed by atoms with van der Waals surface area (Å²) in [4.78, 5) is 11.6. The van der Waals surface area contributed by atoms with E-state index >= 15 is 0 Å². The van der Waals surface area contributed by atoms with Crippen molar-refractivity contribution in [1.29, 1.82) is 0 Å². The summed E-state index contributed by atoms with van der Waals surface area (Å²) in [6.07, 6.45) is 1.27. The molecule has 0 aromatic heterocycles. The predicted molar refractivity (Wildman–Crippen MR) is 71.3 cm³/mol. The van der Waals surface area contributed by atoms with Gasteiger partial charge in [0.2, 0.25) is 0 Å². The molecule has 0 saturated carbocycles. The zero-order valence-corrected chi connectivity index (χ0v) is 11.6. The molecule has 0 aromatic carbocycles. The van der Waals surface area contributed by atoms with Crippen LogP contribution in [0.1, 0.15) is 33.1 Å². The molecule has 106 valence electrons. The third kappa shape index (κ3) is 2.47. The van der Waals surface area contributed by atoms with Gasteiger partial charge < -0.3 is 14.9 Å². The average molecular weight is 266 g/mol. The monoisotopic (exact) mass is 266 g/mol. The van der Waals surface area contributed by atoms with Crippen LogP contribution in [0.2, 0.25) is 0 Å². The fourth-order valence-electron chi connectivity index (χ4n) is 3.34. The first-order valence-electron chi connectivity index (χ1n) is 6.85. The van der Waals surface area contributed by atoms with Crippen LogP contribution < -0.4 is 0 Å². The SMILES string of the molecule is C=C1C(=O)O[C@H]2CC(C)=C(C(C)CCCO)C(O)[C@@H]12. The van der Waals surface area contributed by atoms with Gasteiger partial charge in [-0.15, -0.1) is 0 Å². The summed E-state index contributed by atoms with van der Waals surface area (Å²) in [5.41, 5.74) is 2.48. The zero-order valence-electron chi connectivity index (χ0n) is 11.6. The van der Waals surface area contributed by atoms with Crippen LogP contribution in [0.3, 0.4) is 0 Å². The van der Waals surface area contributed by atoms with Crippen LogP contribution >= 0.6 is 0 Å². The molecule has 4 atom stereocenters. The molecular weight excluding hydrogens is 244 g/mol. The Morgan fingerprint density at radius 2 is 2.21 bits per heavy atom. The Morgan fingerprint density at radius 1 is 1.53 bits per heavy atom. The Kier molecular flexibility index (Phi) is 4.11. The Labute approximate surface area is 113 Å². The maximum atomic E-state index is 11.6. The maximum absolute atomic E-state index is 11.6. The van der Waals surface area contributed by atoms with E-state index in [1.807, 2.05) is 6.92 Å². The average Bonchev–Trinajstić information content (AvgIpc) is 2.62. The lowest BCUT2D eigenvalue weighted by atomic mass is 9.73. The van der Waals surface area contributed by atoms with Crippen molar-refractivity contribution < 1.29 is 19.7 Å². The number of rotatable bonds is 4. The van der Waals surface area contributed by atoms with Crippen molar-refractivity contribution in [3.8, 4) is 0 Å². The Morgan fingerprint density at radius 3 is 2.84 bits per heavy atom. The van der Waals surface area contributed by atoms with E-state index in [9.17, 15) is 9.90 Å². The first-order chi connectivity index (χ1) is 8.97. The van der Waals surface area contributed by atoms with Crippen LogP contribution in [0, 0.1) is 11.8 Å². The number of hydrogen-bond donors (Lipinski definition) is 2. The first kappa shape index (κ1) is 14.3. The number of aliphatic hydroxyl groups excluding tert-OH is 2. The van der Waals surface area contributed by atoms with Crippen molar-refractivity contribution in [3.63, 3.8) is 0 Å². The predicted octanol–water partition coefficient (Wildman–Crippen LogP) is 1.57. The minimum absolute atomic E-state index is 0.160. The molecule has 0 radical (unpaired) electrons. The molecule has 4 nitrogen and oxygen atoms in total. The second-order valence-electron chi connectivity index (χ2n) is 5.65. The number of carbonyl (C=O) groups excluding carboxylic acids is 1. The highest BCUT2D eigenvalue weighted by molar-refractivity contribution is 5.91. The molecule has 19 heavy (non-hydrogen) atoms. The van der Waals surface area contributed by atoms with Crippen molar-refractivity contribution in [2.24, 2.45) is 11.8 Å². The van der Waals surface area contributed by atoms with Gasteiger partial charge in [-0.1, -0.05) is 19.1 Å². The highest BCUT2D eigenvalue weighted by Crippen LogP contribution is 2.43. The molecule has 2 rings (SSSR count). The molecule has 4 heteroatoms. The molecule has 0 spiro atoms. The molecule has 2 aliphatic rings. The van der Waals surface area contributed by atoms with E-state index < -0.39 is 6.10 Å². The Bertz CT molecular complexity index is 424. The van der Waals surface area contributed by atoms with Crippen molar-refractivity contribution in [2.45, 2.75) is 45.3 Å². The van der Waals surface area contributed by atoms with Crippen molar-refractivity contribution in [2.75, 3.05) is 6.61 Å². The largest absolute Gasteiger partial charge is 0.458 e. The smallest absolute Gasteiger partial charge is 0.334 e. The van der Waals surface area contributed by atoms with Crippen LogP contribution in [0.25, 0.3) is 0 Å². The highest BCUT2D eigenvalue weighted by Gasteiger charge is 2.47. The quantitative estimate of drug-likeness (QED) is 0.460. The van der Waals surface area contributed by atoms with E-state index in [1.165, 1.54) is 0 Å². The highest BCUT2D eigenvalue weighted by atomic mass is 16.6. The fraction of sp³-hybridized carbons (Fsp3) is 0.667. The Hall–Kier alpha value is -1.13. The van der Waals surface area contributed by atoms with Crippen LogP contribution in [0.4, 0.5) is 0 Å². The van der Waals surface area contributed by atoms with Crippen molar-refractivity contribution in [3.05, 3.63) is 23.3 Å². The lowest BCUT2D eigenvalue weighted by Gasteiger charge is -2.35. The van der Waals surface area contributed by atoms with Crippen LogP contribution in [0.15, 0.2) is 23.3 Å². The lowest BCUT2D eigenvalue weighted by Crippen LogP contribution is -2.37. The second kappa shape index (κ2) is 5.47. The van der Waals surface area contributed by atoms with Crippen molar-refractivity contribution >= 4 is 5.97 Å². The molecule has 1 fully saturated rings. The molecule has 0 amide bonds. The molecule has 0 aromatic rings. The van der Waals surface area contributed by atoms with Gasteiger partial charge in [0.25, 0.3) is 0 Å². The fourth-order valence-corrected chi connectivity index (χ4v) is 3.34. The zero-order chi connectivity index (χ0) is 14.2. The minimum Gasteiger partial charge on any atom is -0.458 e. The van der Waals surface area contributed by atoms with Gasteiger partial charge in [0.05, 0.1) is 12.0 Å². The number of fused-ring (bicyclic) bond motifs is 1. The van der Waals surface area contributed by atoms with Gasteiger partial charge in [0.1, 0.15) is 6.10 Å². The van der Waals surface area contributed by atoms with Gasteiger partial charge >= 0.3 is 5.97 Å². The minimum atomic E-state index is -0.689. The molecule has 1 aliphatic carbocycles. The summed E-state index contributed by atoms with van der Waals surface area (Å²) < 4.78 is 5.25. The molecule has 2 unspecified atom stereocenters. The third-order valence-corrected chi connectivity index (χ3v) is 4.31. The maximum Gasteiger partial charge on any atom is 0.334 e. The van der Waals surface area contributed by atoms with Crippen LogP contribution in [0.5, 0.6) is 0 Å². The van der Waals surface area contributed by atoms with E-state index in [4.69, 9.17) is 9.84 Å². The summed E-state index contributed by atoms with van der Waals surface area (Å²) in [7, 11) is 0. The van der Waals surface area contributed by atoms with E-state index in [0.717, 1.165) is 24.0 Å². The molecule has 2 N–H and O–H groups in total. The summed E-state index contributed by atoms with van der Waals surface area (Å²) in [5, 5.41) is 19.5. The van der Waals surface area contributed by atoms with Gasteiger partial charge in [0.15, 0.2) is 0 Å². The molecule has 1 heterocycles. The summed E-state index contributed by atoms with van der Waals surface area (Å²) in [5.74, 6) is -0.486. The van der Waals surface area contributed by atoms with Gasteiger partial charge in [-0.2, -0.15) is 0 Å². The van der Waals surface area contributed by atoms with Gasteiger partial charge in [0, 0.05) is 18.6 Å². The van der Waals surface area contributed by atoms with Crippen LogP contribution in [-0.2, 0) is 9.53 Å². The topological polar surface area (TPSA) is 66.8 Å². The standard InChI is InChI=1S/C15H22O4/c1-8(5-4-6-16)12-9(2)7-11-13(14(12)17)10(3)15(18)19-11/h8,11,13-14,16-17H,3-7H2,1-2H3/t8?,11-,13-,14?/m0/s1. The molecule has 0 bridgehead atoms. The summed E-state index contributed by atoms with van der Waals surface area (Å²) in [6.45, 7) is 7.95. The third-order valence-electron chi connectivity index (χ3n) is 4.31. The van der Waals surface area contributed by atoms with E-state index in [-0.39, 0.29) is 30.5 Å². The van der Waals surface area contributed by atoms with E-state index in [2.05, 4.69) is 13.5 Å². The van der Waals surface area contributed by atoms with Gasteiger partial charge in [-0.05, 0) is 31.3 Å². The summed E-state index contributed by atoms with van der Waals surface area (Å²) in [6, 6.07) is 0. The van der Waals surface area contributed by atoms with E-state index in [1.54, 1.807) is 0 Å². The lowest BCUT2D eigenvalue weighted by molar-refractivity contribution is -0.139. The normalized spacial score (nSPS) is 32.3. The molecular formula is C15H22O4. The first-order valence-corrected chi connectivity index (χ1v) is 6.85. The van der Waals surface area contributed by atoms with Gasteiger partial charge in [-0.25, -0.2) is 4.79 Å². The number of carbonyl (C=O) groups is 1. The summed E-state index contributed by atoms with van der Waals surface area (Å²) >= 11 is 0. The van der Waals surface area contributed by atoms with E-state index in [0.29, 0.717) is 12.0 Å². The second-order valence-corrected chi connectivity index (χ2v) is 5.65. The Balaban J connectivity index is 2.22. The van der Waals surface area contributed by atoms with Crippen molar-refractivity contribution in [1.82, 2.24) is 0 Å². The van der Waals surface area contributed by atoms with Crippen LogP contribution in [-0.4, -0.2) is 35.0 Å². The molecule has 1 saturated heterocycles. The number of hydrogen-bond acceptors (Lipinski definition) is 4. The number of ether oxygens (including phenoxy) is 1. The van der Waals surface area contributed by atoms with Gasteiger partial charge in [-0.3, -0.25) is 0 Å². The number of esters is 1.